The normalized spacial score (nSPS) is 13.9. The molecule has 6 nitrogen and oxygen atoms in total. The highest BCUT2D eigenvalue weighted by Gasteiger charge is 2.23. The van der Waals surface area contributed by atoms with Crippen molar-refractivity contribution in [3.05, 3.63) is 65.2 Å². The molecule has 0 aliphatic carbocycles. The molecule has 0 spiro atoms. The molecule has 2 amide bonds. The first-order valence-corrected chi connectivity index (χ1v) is 9.42. The molecule has 6 heteroatoms. The van der Waals surface area contributed by atoms with Crippen LogP contribution in [0, 0.1) is 13.8 Å². The Morgan fingerprint density at radius 2 is 1.36 bits per heavy atom. The fourth-order valence-electron chi connectivity index (χ4n) is 3.15. The van der Waals surface area contributed by atoms with Gasteiger partial charge in [-0.25, -0.2) is 0 Å². The molecular weight excluding hydrogens is 354 g/mol. The number of amides is 2. The lowest BCUT2D eigenvalue weighted by Crippen LogP contribution is -2.51. The third-order valence-electron chi connectivity index (χ3n) is 4.95. The Morgan fingerprint density at radius 3 is 1.93 bits per heavy atom. The van der Waals surface area contributed by atoms with Crippen LogP contribution in [0.15, 0.2) is 48.5 Å². The van der Waals surface area contributed by atoms with Crippen molar-refractivity contribution in [2.75, 3.05) is 37.6 Å². The van der Waals surface area contributed by atoms with Crippen molar-refractivity contribution in [1.82, 2.24) is 10.2 Å². The van der Waals surface area contributed by atoms with Crippen molar-refractivity contribution in [3.8, 4) is 0 Å². The van der Waals surface area contributed by atoms with Gasteiger partial charge >= 0.3 is 0 Å². The SMILES string of the molecule is Cc1ccc(C(=O)C(=O)NCC(=O)N2CCN(c3ccc(C)cc3)CC2)cc1. The van der Waals surface area contributed by atoms with Crippen molar-refractivity contribution in [2.24, 2.45) is 0 Å². The average molecular weight is 379 g/mol. The quantitative estimate of drug-likeness (QED) is 0.637. The van der Waals surface area contributed by atoms with E-state index < -0.39 is 11.7 Å². The van der Waals surface area contributed by atoms with Crippen LogP contribution in [0.2, 0.25) is 0 Å². The fourth-order valence-corrected chi connectivity index (χ4v) is 3.15. The summed E-state index contributed by atoms with van der Waals surface area (Å²) < 4.78 is 0. The molecule has 146 valence electrons. The van der Waals surface area contributed by atoms with Gasteiger partial charge in [0.25, 0.3) is 5.91 Å². The van der Waals surface area contributed by atoms with Crippen LogP contribution in [0.4, 0.5) is 5.69 Å². The molecule has 1 aliphatic heterocycles. The first-order valence-electron chi connectivity index (χ1n) is 9.42. The van der Waals surface area contributed by atoms with Crippen LogP contribution in [-0.2, 0) is 9.59 Å². The summed E-state index contributed by atoms with van der Waals surface area (Å²) in [4.78, 5) is 40.5. The Labute approximate surface area is 165 Å². The van der Waals surface area contributed by atoms with Gasteiger partial charge in [0.2, 0.25) is 11.7 Å². The second-order valence-electron chi connectivity index (χ2n) is 7.08. The predicted molar refractivity (Wildman–Crippen MR) is 108 cm³/mol. The summed E-state index contributed by atoms with van der Waals surface area (Å²) in [6.07, 6.45) is 0. The number of piperazine rings is 1. The molecule has 1 fully saturated rings. The third kappa shape index (κ3) is 4.76. The van der Waals surface area contributed by atoms with Gasteiger partial charge in [-0.2, -0.15) is 0 Å². The minimum atomic E-state index is -0.754. The predicted octanol–water partition coefficient (Wildman–Crippen LogP) is 1.95. The van der Waals surface area contributed by atoms with E-state index in [0.29, 0.717) is 18.7 Å². The molecule has 2 aromatic rings. The van der Waals surface area contributed by atoms with Gasteiger partial charge in [0.05, 0.1) is 6.54 Å². The molecule has 2 aromatic carbocycles. The number of anilines is 1. The fraction of sp³-hybridized carbons (Fsp3) is 0.318. The Hall–Kier alpha value is -3.15. The van der Waals surface area contributed by atoms with E-state index >= 15 is 0 Å². The van der Waals surface area contributed by atoms with Crippen molar-refractivity contribution < 1.29 is 14.4 Å². The molecular formula is C22H25N3O3. The first-order chi connectivity index (χ1) is 13.4. The van der Waals surface area contributed by atoms with Crippen LogP contribution in [-0.4, -0.2) is 55.2 Å². The van der Waals surface area contributed by atoms with E-state index in [1.54, 1.807) is 29.2 Å². The summed E-state index contributed by atoms with van der Waals surface area (Å²) in [7, 11) is 0. The van der Waals surface area contributed by atoms with E-state index in [1.165, 1.54) is 5.56 Å². The Kier molecular flexibility index (Phi) is 6.09. The smallest absolute Gasteiger partial charge is 0.292 e. The maximum Gasteiger partial charge on any atom is 0.292 e. The van der Waals surface area contributed by atoms with Crippen molar-refractivity contribution in [1.29, 1.82) is 0 Å². The van der Waals surface area contributed by atoms with Crippen LogP contribution >= 0.6 is 0 Å². The van der Waals surface area contributed by atoms with Gasteiger partial charge in [-0.05, 0) is 26.0 Å². The first kappa shape index (κ1) is 19.6. The summed E-state index contributed by atoms with van der Waals surface area (Å²) in [5.74, 6) is -1.55. The maximum absolute atomic E-state index is 12.4. The Morgan fingerprint density at radius 1 is 0.821 bits per heavy atom. The summed E-state index contributed by atoms with van der Waals surface area (Å²) in [5, 5.41) is 2.45. The molecule has 0 saturated carbocycles. The lowest BCUT2D eigenvalue weighted by atomic mass is 10.1. The second kappa shape index (κ2) is 8.69. The van der Waals surface area contributed by atoms with Gasteiger partial charge < -0.3 is 15.1 Å². The summed E-state index contributed by atoms with van der Waals surface area (Å²) in [5.41, 5.74) is 3.70. The van der Waals surface area contributed by atoms with E-state index in [4.69, 9.17) is 0 Å². The monoisotopic (exact) mass is 379 g/mol. The molecule has 28 heavy (non-hydrogen) atoms. The zero-order valence-electron chi connectivity index (χ0n) is 16.3. The number of hydrogen-bond acceptors (Lipinski definition) is 4. The Balaban J connectivity index is 1.46. The number of Topliss-reactive ketones (excluding diaryl/α,β-unsaturated/α-hetero) is 1. The van der Waals surface area contributed by atoms with Crippen molar-refractivity contribution in [2.45, 2.75) is 13.8 Å². The molecule has 3 rings (SSSR count). The van der Waals surface area contributed by atoms with Gasteiger partial charge in [-0.3, -0.25) is 14.4 Å². The molecule has 1 heterocycles. The van der Waals surface area contributed by atoms with Gasteiger partial charge in [0.15, 0.2) is 0 Å². The highest BCUT2D eigenvalue weighted by Crippen LogP contribution is 2.17. The van der Waals surface area contributed by atoms with Crippen LogP contribution < -0.4 is 10.2 Å². The van der Waals surface area contributed by atoms with Gasteiger partial charge in [-0.15, -0.1) is 0 Å². The molecule has 0 unspecified atom stereocenters. The number of nitrogens with zero attached hydrogens (tertiary/aromatic N) is 2. The van der Waals surface area contributed by atoms with Crippen LogP contribution in [0.1, 0.15) is 21.5 Å². The number of carbonyl (C=O) groups is 3. The van der Waals surface area contributed by atoms with E-state index in [2.05, 4.69) is 41.4 Å². The van der Waals surface area contributed by atoms with Crippen LogP contribution in [0.25, 0.3) is 0 Å². The van der Waals surface area contributed by atoms with E-state index in [-0.39, 0.29) is 12.5 Å². The molecule has 1 N–H and O–H groups in total. The number of ketones is 1. The number of aryl methyl sites for hydroxylation is 2. The highest BCUT2D eigenvalue weighted by atomic mass is 16.2. The maximum atomic E-state index is 12.4. The zero-order chi connectivity index (χ0) is 20.1. The number of carbonyl (C=O) groups excluding carboxylic acids is 3. The third-order valence-corrected chi connectivity index (χ3v) is 4.95. The zero-order valence-corrected chi connectivity index (χ0v) is 16.3. The topological polar surface area (TPSA) is 69.7 Å². The molecule has 1 aliphatic rings. The lowest BCUT2D eigenvalue weighted by Gasteiger charge is -2.36. The summed E-state index contributed by atoms with van der Waals surface area (Å²) in [6, 6.07) is 15.1. The largest absolute Gasteiger partial charge is 0.368 e. The summed E-state index contributed by atoms with van der Waals surface area (Å²) in [6.45, 7) is 6.46. The molecule has 0 aromatic heterocycles. The van der Waals surface area contributed by atoms with Gasteiger partial charge in [-0.1, -0.05) is 47.5 Å². The second-order valence-corrected chi connectivity index (χ2v) is 7.08. The minimum absolute atomic E-state index is 0.166. The number of benzene rings is 2. The van der Waals surface area contributed by atoms with Gasteiger partial charge in [0, 0.05) is 37.4 Å². The van der Waals surface area contributed by atoms with Crippen molar-refractivity contribution in [3.63, 3.8) is 0 Å². The van der Waals surface area contributed by atoms with E-state index in [9.17, 15) is 14.4 Å². The number of hydrogen-bond donors (Lipinski definition) is 1. The highest BCUT2D eigenvalue weighted by molar-refractivity contribution is 6.43. The van der Waals surface area contributed by atoms with Gasteiger partial charge in [0.1, 0.15) is 0 Å². The lowest BCUT2D eigenvalue weighted by molar-refractivity contribution is -0.132. The number of rotatable bonds is 5. The molecule has 0 bridgehead atoms. The molecule has 0 atom stereocenters. The summed E-state index contributed by atoms with van der Waals surface area (Å²) >= 11 is 0. The molecule has 1 saturated heterocycles. The number of nitrogens with one attached hydrogen (secondary N) is 1. The van der Waals surface area contributed by atoms with E-state index in [1.807, 2.05) is 6.92 Å². The minimum Gasteiger partial charge on any atom is -0.368 e. The average Bonchev–Trinajstić information content (AvgIpc) is 2.72. The van der Waals surface area contributed by atoms with Crippen LogP contribution in [0.5, 0.6) is 0 Å². The standard InChI is InChI=1S/C22H25N3O3/c1-16-3-7-18(8-4-16)21(27)22(28)23-15-20(26)25-13-11-24(12-14-25)19-9-5-17(2)6-10-19/h3-10H,11-15H2,1-2H3,(H,23,28). The van der Waals surface area contributed by atoms with E-state index in [0.717, 1.165) is 24.3 Å². The van der Waals surface area contributed by atoms with Crippen LogP contribution in [0.3, 0.4) is 0 Å². The molecule has 0 radical (unpaired) electrons. The van der Waals surface area contributed by atoms with Crippen molar-refractivity contribution >= 4 is 23.3 Å². The Bertz CT molecular complexity index is 852.